The number of nitrogen functional groups attached to an aromatic ring is 3. The van der Waals surface area contributed by atoms with E-state index in [1.54, 1.807) is 0 Å². The van der Waals surface area contributed by atoms with Crippen LogP contribution in [0.3, 0.4) is 0 Å². The fourth-order valence-electron chi connectivity index (χ4n) is 0.471. The monoisotopic (exact) mass is 145 g/mol. The molecule has 0 aliphatic rings. The minimum Gasteiger partial charge on any atom is -0.422 e. The van der Waals surface area contributed by atoms with Crippen molar-refractivity contribution in [3.8, 4) is 0 Å². The highest BCUT2D eigenvalue weighted by molar-refractivity contribution is 7.80. The second-order valence-electron chi connectivity index (χ2n) is 1.59. The summed E-state index contributed by atoms with van der Waals surface area (Å²) in [5.41, 5.74) is 16.1. The van der Waals surface area contributed by atoms with E-state index in [4.69, 9.17) is 21.6 Å². The van der Waals surface area contributed by atoms with Crippen LogP contribution in [0.2, 0.25) is 0 Å². The van der Waals surface area contributed by atoms with Gasteiger partial charge >= 0.3 is 0 Å². The zero-order valence-electron chi connectivity index (χ0n) is 4.59. The average Bonchev–Trinajstić information content (AvgIpc) is 1.98. The van der Waals surface area contributed by atoms with Crippen LogP contribution < -0.4 is 17.2 Å². The third-order valence-electron chi connectivity index (χ3n) is 0.974. The minimum absolute atomic E-state index is 0.123. The first kappa shape index (κ1) is 6.15. The van der Waals surface area contributed by atoms with Gasteiger partial charge in [-0.25, -0.2) is 0 Å². The van der Waals surface area contributed by atoms with Gasteiger partial charge in [-0.1, -0.05) is 0 Å². The molecule has 0 spiro atoms. The van der Waals surface area contributed by atoms with Crippen molar-refractivity contribution in [1.82, 2.24) is 0 Å². The van der Waals surface area contributed by atoms with Gasteiger partial charge in [0.2, 0.25) is 11.8 Å². The topological polar surface area (TPSA) is 91.2 Å². The van der Waals surface area contributed by atoms with Crippen molar-refractivity contribution in [3.05, 3.63) is 0 Å². The summed E-state index contributed by atoms with van der Waals surface area (Å²) in [7, 11) is 0. The smallest absolute Gasteiger partial charge is 0.217 e. The van der Waals surface area contributed by atoms with Crippen molar-refractivity contribution in [2.24, 2.45) is 0 Å². The Labute approximate surface area is 57.4 Å². The van der Waals surface area contributed by atoms with E-state index in [9.17, 15) is 0 Å². The number of hydrogen-bond donors (Lipinski definition) is 4. The van der Waals surface area contributed by atoms with E-state index >= 15 is 0 Å². The first-order chi connectivity index (χ1) is 4.13. The predicted molar refractivity (Wildman–Crippen MR) is 39.2 cm³/mol. The van der Waals surface area contributed by atoms with E-state index in [1.165, 1.54) is 0 Å². The van der Waals surface area contributed by atoms with Gasteiger partial charge in [-0.15, -0.1) is 12.6 Å². The molecule has 0 aliphatic carbocycles. The zero-order valence-corrected chi connectivity index (χ0v) is 5.48. The fraction of sp³-hybridized carbons (Fsp3) is 0. The van der Waals surface area contributed by atoms with Crippen LogP contribution in [0.25, 0.3) is 0 Å². The molecule has 1 heterocycles. The van der Waals surface area contributed by atoms with E-state index in [0.717, 1.165) is 0 Å². The zero-order chi connectivity index (χ0) is 7.02. The molecule has 0 aromatic carbocycles. The lowest BCUT2D eigenvalue weighted by molar-refractivity contribution is 0.604. The van der Waals surface area contributed by atoms with Gasteiger partial charge < -0.3 is 21.6 Å². The maximum atomic E-state index is 5.33. The first-order valence-electron chi connectivity index (χ1n) is 2.25. The van der Waals surface area contributed by atoms with Crippen LogP contribution in [-0.4, -0.2) is 0 Å². The molecule has 1 aromatic heterocycles. The Morgan fingerprint density at radius 2 is 1.67 bits per heavy atom. The summed E-state index contributed by atoms with van der Waals surface area (Å²) < 4.78 is 4.70. The molecule has 0 saturated carbocycles. The summed E-state index contributed by atoms with van der Waals surface area (Å²) in [6.45, 7) is 0. The van der Waals surface area contributed by atoms with Gasteiger partial charge in [-0.05, 0) is 0 Å². The molecule has 0 aliphatic heterocycles. The lowest BCUT2D eigenvalue weighted by Crippen LogP contribution is -1.89. The van der Waals surface area contributed by atoms with Gasteiger partial charge in [-0.2, -0.15) is 0 Å². The van der Waals surface area contributed by atoms with E-state index in [1.807, 2.05) is 0 Å². The molecule has 1 rings (SSSR count). The van der Waals surface area contributed by atoms with E-state index < -0.39 is 0 Å². The van der Waals surface area contributed by atoms with Crippen LogP contribution in [0.4, 0.5) is 17.5 Å². The standard InChI is InChI=1S/C4H7N3OS/c5-1-2(9)4(7)8-3(1)6/h9H,5-7H2. The molecule has 0 amide bonds. The van der Waals surface area contributed by atoms with Crippen molar-refractivity contribution >= 4 is 30.1 Å². The largest absolute Gasteiger partial charge is 0.422 e. The maximum absolute atomic E-state index is 5.33. The Hall–Kier alpha value is -0.970. The van der Waals surface area contributed by atoms with Crippen LogP contribution in [-0.2, 0) is 0 Å². The van der Waals surface area contributed by atoms with E-state index in [2.05, 4.69) is 12.6 Å². The third-order valence-corrected chi connectivity index (χ3v) is 1.44. The first-order valence-corrected chi connectivity index (χ1v) is 2.70. The molecular weight excluding hydrogens is 138 g/mol. The molecule has 1 aromatic rings. The van der Waals surface area contributed by atoms with Crippen molar-refractivity contribution < 1.29 is 4.42 Å². The molecule has 0 bridgehead atoms. The Morgan fingerprint density at radius 1 is 1.11 bits per heavy atom. The lowest BCUT2D eigenvalue weighted by atomic mass is 10.5. The predicted octanol–water partition coefficient (Wildman–Crippen LogP) is 0.315. The van der Waals surface area contributed by atoms with Crippen LogP contribution >= 0.6 is 12.6 Å². The normalized spacial score (nSPS) is 9.89. The van der Waals surface area contributed by atoms with Gasteiger partial charge in [0.05, 0.1) is 4.90 Å². The highest BCUT2D eigenvalue weighted by Crippen LogP contribution is 2.31. The summed E-state index contributed by atoms with van der Waals surface area (Å²) in [5, 5.41) is 0. The number of hydrogen-bond acceptors (Lipinski definition) is 5. The fourth-order valence-corrected chi connectivity index (χ4v) is 0.627. The summed E-state index contributed by atoms with van der Waals surface area (Å²) in [4.78, 5) is 0.410. The Kier molecular flexibility index (Phi) is 1.21. The second-order valence-corrected chi connectivity index (χ2v) is 2.04. The van der Waals surface area contributed by atoms with E-state index in [-0.39, 0.29) is 11.8 Å². The molecule has 0 atom stereocenters. The Bertz CT molecular complexity index is 209. The van der Waals surface area contributed by atoms with E-state index in [0.29, 0.717) is 10.6 Å². The molecule has 0 fully saturated rings. The van der Waals surface area contributed by atoms with Gasteiger partial charge in [0, 0.05) is 0 Å². The summed E-state index contributed by atoms with van der Waals surface area (Å²) >= 11 is 3.91. The highest BCUT2D eigenvalue weighted by Gasteiger charge is 2.08. The van der Waals surface area contributed by atoms with Crippen LogP contribution in [0.5, 0.6) is 0 Å². The van der Waals surface area contributed by atoms with Crippen molar-refractivity contribution in [2.45, 2.75) is 4.90 Å². The van der Waals surface area contributed by atoms with Crippen molar-refractivity contribution in [2.75, 3.05) is 17.2 Å². The van der Waals surface area contributed by atoms with Gasteiger partial charge in [-0.3, -0.25) is 0 Å². The van der Waals surface area contributed by atoms with Gasteiger partial charge in [0.25, 0.3) is 0 Å². The number of furan rings is 1. The summed E-state index contributed by atoms with van der Waals surface area (Å²) in [6.07, 6.45) is 0. The quantitative estimate of drug-likeness (QED) is 0.395. The average molecular weight is 145 g/mol. The molecule has 0 unspecified atom stereocenters. The Balaban J connectivity index is 3.29. The van der Waals surface area contributed by atoms with Crippen molar-refractivity contribution in [1.29, 1.82) is 0 Å². The van der Waals surface area contributed by atoms with Crippen molar-refractivity contribution in [3.63, 3.8) is 0 Å². The maximum Gasteiger partial charge on any atom is 0.217 e. The summed E-state index contributed by atoms with van der Waals surface area (Å²) in [6, 6.07) is 0. The number of rotatable bonds is 0. The second kappa shape index (κ2) is 1.77. The summed E-state index contributed by atoms with van der Waals surface area (Å²) in [5.74, 6) is 0.283. The number of nitrogens with two attached hydrogens (primary N) is 3. The van der Waals surface area contributed by atoms with Crippen LogP contribution in [0, 0.1) is 0 Å². The lowest BCUT2D eigenvalue weighted by Gasteiger charge is -1.84. The van der Waals surface area contributed by atoms with Gasteiger partial charge in [0.15, 0.2) is 0 Å². The SMILES string of the molecule is Nc1oc(N)c(S)c1N. The molecule has 0 radical (unpaired) electrons. The van der Waals surface area contributed by atoms with Gasteiger partial charge in [0.1, 0.15) is 5.69 Å². The highest BCUT2D eigenvalue weighted by atomic mass is 32.1. The molecule has 6 N–H and O–H groups in total. The number of thiol groups is 1. The third kappa shape index (κ3) is 0.787. The molecule has 4 nitrogen and oxygen atoms in total. The molecule has 0 saturated heterocycles. The molecule has 9 heavy (non-hydrogen) atoms. The molecule has 5 heteroatoms. The molecule has 50 valence electrons. The Morgan fingerprint density at radius 3 is 1.78 bits per heavy atom. The number of anilines is 3. The van der Waals surface area contributed by atoms with Crippen LogP contribution in [0.1, 0.15) is 0 Å². The molecular formula is C4H7N3OS. The van der Waals surface area contributed by atoms with Crippen LogP contribution in [0.15, 0.2) is 9.31 Å². The minimum atomic E-state index is 0.123.